The molecule has 0 saturated carbocycles. The van der Waals surface area contributed by atoms with Gasteiger partial charge in [-0.2, -0.15) is 0 Å². The van der Waals surface area contributed by atoms with Crippen LogP contribution < -0.4 is 10.1 Å². The average Bonchev–Trinajstić information content (AvgIpc) is 2.33. The van der Waals surface area contributed by atoms with E-state index in [2.05, 4.69) is 21.2 Å². The van der Waals surface area contributed by atoms with E-state index in [9.17, 15) is 4.79 Å². The monoisotopic (exact) mass is 354 g/mol. The van der Waals surface area contributed by atoms with Crippen LogP contribution in [0.3, 0.4) is 0 Å². The summed E-state index contributed by atoms with van der Waals surface area (Å²) in [4.78, 5) is 13.7. The Morgan fingerprint density at radius 1 is 1.43 bits per heavy atom. The van der Waals surface area contributed by atoms with Crippen molar-refractivity contribution in [2.24, 2.45) is 0 Å². The number of nitrogens with zero attached hydrogens (tertiary/aromatic N) is 1. The molecule has 1 fully saturated rings. The van der Waals surface area contributed by atoms with Crippen LogP contribution in [0.25, 0.3) is 0 Å². The van der Waals surface area contributed by atoms with Crippen LogP contribution in [0.1, 0.15) is 20.8 Å². The fourth-order valence-corrected chi connectivity index (χ4v) is 2.90. The molecule has 2 heterocycles. The van der Waals surface area contributed by atoms with E-state index in [0.717, 1.165) is 15.9 Å². The highest BCUT2D eigenvalue weighted by Gasteiger charge is 2.50. The summed E-state index contributed by atoms with van der Waals surface area (Å²) in [6, 6.07) is 5.87. The summed E-state index contributed by atoms with van der Waals surface area (Å²) in [7, 11) is 0. The fourth-order valence-electron chi connectivity index (χ4n) is 2.54. The molecule has 5 nitrogen and oxygen atoms in total. The third kappa shape index (κ3) is 2.95. The van der Waals surface area contributed by atoms with E-state index in [4.69, 9.17) is 9.47 Å². The van der Waals surface area contributed by atoms with Crippen molar-refractivity contribution in [2.45, 2.75) is 32.0 Å². The molecule has 6 heteroatoms. The summed E-state index contributed by atoms with van der Waals surface area (Å²) in [5.41, 5.74) is 0.174. The zero-order valence-electron chi connectivity index (χ0n) is 12.4. The molecule has 3 rings (SSSR count). The number of anilines is 1. The number of benzene rings is 1. The molecule has 21 heavy (non-hydrogen) atoms. The molecule has 1 N–H and O–H groups in total. The molecule has 0 radical (unpaired) electrons. The first-order valence-corrected chi connectivity index (χ1v) is 7.76. The SMILES string of the molecule is CC(C)(C)OC(=O)N1CC2(CNc3cc(Br)ccc3O2)C1. The summed E-state index contributed by atoms with van der Waals surface area (Å²) in [5.74, 6) is 0.827. The predicted molar refractivity (Wildman–Crippen MR) is 83.8 cm³/mol. The Bertz CT molecular complexity index is 577. The number of hydrogen-bond acceptors (Lipinski definition) is 4. The number of halogens is 1. The van der Waals surface area contributed by atoms with Crippen LogP contribution in [-0.2, 0) is 4.74 Å². The first-order valence-electron chi connectivity index (χ1n) is 6.97. The molecule has 2 aliphatic heterocycles. The van der Waals surface area contributed by atoms with E-state index in [0.29, 0.717) is 19.6 Å². The molecule has 1 amide bonds. The molecule has 2 aliphatic rings. The molecular formula is C15H19BrN2O3. The Kier molecular flexibility index (Phi) is 3.31. The van der Waals surface area contributed by atoms with Gasteiger partial charge in [0.1, 0.15) is 11.4 Å². The summed E-state index contributed by atoms with van der Waals surface area (Å²) in [6.07, 6.45) is -0.279. The second-order valence-corrected chi connectivity index (χ2v) is 7.53. The van der Waals surface area contributed by atoms with Gasteiger partial charge in [0, 0.05) is 4.47 Å². The minimum absolute atomic E-state index is 0.279. The van der Waals surface area contributed by atoms with E-state index < -0.39 is 5.60 Å². The fraction of sp³-hybridized carbons (Fsp3) is 0.533. The van der Waals surface area contributed by atoms with Gasteiger partial charge in [0.2, 0.25) is 0 Å². The van der Waals surface area contributed by atoms with Crippen LogP contribution in [-0.4, -0.2) is 41.8 Å². The molecule has 0 aromatic heterocycles. The van der Waals surface area contributed by atoms with Crippen LogP contribution >= 0.6 is 15.9 Å². The zero-order chi connectivity index (χ0) is 15.3. The first-order chi connectivity index (χ1) is 9.76. The highest BCUT2D eigenvalue weighted by Crippen LogP contribution is 2.38. The Morgan fingerprint density at radius 2 is 2.14 bits per heavy atom. The number of ether oxygens (including phenoxy) is 2. The Balaban J connectivity index is 1.63. The Hall–Kier alpha value is -1.43. The number of hydrogen-bond donors (Lipinski definition) is 1. The number of fused-ring (bicyclic) bond motifs is 1. The summed E-state index contributed by atoms with van der Waals surface area (Å²) in [6.45, 7) is 7.39. The second kappa shape index (κ2) is 4.80. The maximum Gasteiger partial charge on any atom is 0.410 e. The third-order valence-corrected chi connectivity index (χ3v) is 3.97. The highest BCUT2D eigenvalue weighted by molar-refractivity contribution is 9.10. The lowest BCUT2D eigenvalue weighted by Crippen LogP contribution is -2.70. The maximum absolute atomic E-state index is 12.0. The van der Waals surface area contributed by atoms with Gasteiger partial charge in [-0.3, -0.25) is 4.90 Å². The van der Waals surface area contributed by atoms with Crippen molar-refractivity contribution in [3.05, 3.63) is 22.7 Å². The number of amides is 1. The highest BCUT2D eigenvalue weighted by atomic mass is 79.9. The normalized spacial score (nSPS) is 19.1. The minimum atomic E-state index is -0.468. The third-order valence-electron chi connectivity index (χ3n) is 3.48. The van der Waals surface area contributed by atoms with Crippen molar-refractivity contribution < 1.29 is 14.3 Å². The van der Waals surface area contributed by atoms with Crippen LogP contribution in [0.2, 0.25) is 0 Å². The molecule has 114 valence electrons. The van der Waals surface area contributed by atoms with E-state index >= 15 is 0 Å². The Morgan fingerprint density at radius 3 is 2.81 bits per heavy atom. The molecule has 0 bridgehead atoms. The van der Waals surface area contributed by atoms with Crippen molar-refractivity contribution >= 4 is 27.7 Å². The van der Waals surface area contributed by atoms with Crippen molar-refractivity contribution in [3.63, 3.8) is 0 Å². The molecule has 0 unspecified atom stereocenters. The number of carbonyl (C=O) groups is 1. The van der Waals surface area contributed by atoms with Crippen LogP contribution in [0.5, 0.6) is 5.75 Å². The standard InChI is InChI=1S/C15H19BrN2O3/c1-14(2,3)21-13(19)18-8-15(9-18)7-17-11-6-10(16)4-5-12(11)20-15/h4-6,17H,7-9H2,1-3H3. The van der Waals surface area contributed by atoms with Gasteiger partial charge in [-0.15, -0.1) is 0 Å². The van der Waals surface area contributed by atoms with Crippen LogP contribution in [0.15, 0.2) is 22.7 Å². The average molecular weight is 355 g/mol. The van der Waals surface area contributed by atoms with Crippen molar-refractivity contribution in [2.75, 3.05) is 25.0 Å². The number of carbonyl (C=O) groups excluding carboxylic acids is 1. The van der Waals surface area contributed by atoms with Gasteiger partial charge in [-0.1, -0.05) is 15.9 Å². The first kappa shape index (κ1) is 14.5. The van der Waals surface area contributed by atoms with Gasteiger partial charge in [0.25, 0.3) is 0 Å². The number of nitrogens with one attached hydrogen (secondary N) is 1. The van der Waals surface area contributed by atoms with E-state index in [1.165, 1.54) is 0 Å². The predicted octanol–water partition coefficient (Wildman–Crippen LogP) is 3.24. The van der Waals surface area contributed by atoms with Gasteiger partial charge in [-0.25, -0.2) is 4.79 Å². The molecule has 1 spiro atoms. The van der Waals surface area contributed by atoms with E-state index in [1.807, 2.05) is 39.0 Å². The summed E-state index contributed by atoms with van der Waals surface area (Å²) < 4.78 is 12.5. The van der Waals surface area contributed by atoms with E-state index in [1.54, 1.807) is 4.90 Å². The lowest BCUT2D eigenvalue weighted by Gasteiger charge is -2.51. The maximum atomic E-state index is 12.0. The van der Waals surface area contributed by atoms with Crippen molar-refractivity contribution in [1.82, 2.24) is 4.90 Å². The number of likely N-dealkylation sites (tertiary alicyclic amines) is 1. The quantitative estimate of drug-likeness (QED) is 0.776. The van der Waals surface area contributed by atoms with Gasteiger partial charge in [0.05, 0.1) is 25.3 Å². The molecule has 1 aromatic carbocycles. The lowest BCUT2D eigenvalue weighted by molar-refractivity contribution is -0.0767. The summed E-state index contributed by atoms with van der Waals surface area (Å²) >= 11 is 3.44. The van der Waals surface area contributed by atoms with Gasteiger partial charge < -0.3 is 14.8 Å². The van der Waals surface area contributed by atoms with Crippen LogP contribution in [0.4, 0.5) is 10.5 Å². The largest absolute Gasteiger partial charge is 0.480 e. The second-order valence-electron chi connectivity index (χ2n) is 6.62. The molecule has 1 saturated heterocycles. The smallest absolute Gasteiger partial charge is 0.410 e. The molecular weight excluding hydrogens is 336 g/mol. The Labute approximate surface area is 132 Å². The topological polar surface area (TPSA) is 50.8 Å². The molecule has 1 aromatic rings. The molecule has 0 atom stereocenters. The van der Waals surface area contributed by atoms with Crippen molar-refractivity contribution in [3.8, 4) is 5.75 Å². The van der Waals surface area contributed by atoms with E-state index in [-0.39, 0.29) is 11.7 Å². The van der Waals surface area contributed by atoms with Crippen LogP contribution in [0, 0.1) is 0 Å². The zero-order valence-corrected chi connectivity index (χ0v) is 14.0. The lowest BCUT2D eigenvalue weighted by atomic mass is 9.92. The van der Waals surface area contributed by atoms with Gasteiger partial charge in [-0.05, 0) is 39.0 Å². The van der Waals surface area contributed by atoms with Gasteiger partial charge in [0.15, 0.2) is 5.60 Å². The summed E-state index contributed by atoms with van der Waals surface area (Å²) in [5, 5.41) is 3.37. The van der Waals surface area contributed by atoms with Crippen molar-refractivity contribution in [1.29, 1.82) is 0 Å². The number of rotatable bonds is 0. The van der Waals surface area contributed by atoms with Gasteiger partial charge >= 0.3 is 6.09 Å². The minimum Gasteiger partial charge on any atom is -0.480 e. The molecule has 0 aliphatic carbocycles.